The largest absolute Gasteiger partial charge is 0.500 e. The molecule has 0 amide bonds. The SMILES string of the molecule is COC1=C(C)C=CC1C. The fourth-order valence-corrected chi connectivity index (χ4v) is 1.16. The molecule has 9 heavy (non-hydrogen) atoms. The summed E-state index contributed by atoms with van der Waals surface area (Å²) in [5, 5.41) is 0. The zero-order valence-electron chi connectivity index (χ0n) is 6.14. The van der Waals surface area contributed by atoms with E-state index in [0.717, 1.165) is 5.76 Å². The predicted molar refractivity (Wildman–Crippen MR) is 38.0 cm³/mol. The first-order valence-electron chi connectivity index (χ1n) is 3.18. The van der Waals surface area contributed by atoms with E-state index in [2.05, 4.69) is 26.0 Å². The van der Waals surface area contributed by atoms with E-state index in [0.29, 0.717) is 5.92 Å². The third-order valence-corrected chi connectivity index (χ3v) is 1.66. The molecule has 1 atom stereocenters. The third kappa shape index (κ3) is 0.995. The summed E-state index contributed by atoms with van der Waals surface area (Å²) in [6, 6.07) is 0. The van der Waals surface area contributed by atoms with Crippen molar-refractivity contribution in [3.05, 3.63) is 23.5 Å². The van der Waals surface area contributed by atoms with E-state index in [4.69, 9.17) is 4.74 Å². The molecule has 0 aromatic rings. The second-order valence-electron chi connectivity index (χ2n) is 2.40. The van der Waals surface area contributed by atoms with Gasteiger partial charge in [0.2, 0.25) is 0 Å². The molecule has 1 nitrogen and oxygen atoms in total. The minimum atomic E-state index is 0.481. The van der Waals surface area contributed by atoms with Gasteiger partial charge in [-0.2, -0.15) is 0 Å². The monoisotopic (exact) mass is 124 g/mol. The lowest BCUT2D eigenvalue weighted by Gasteiger charge is -2.06. The zero-order chi connectivity index (χ0) is 6.85. The van der Waals surface area contributed by atoms with Gasteiger partial charge < -0.3 is 4.74 Å². The number of rotatable bonds is 1. The Bertz CT molecular complexity index is 165. The van der Waals surface area contributed by atoms with Crippen LogP contribution in [0.15, 0.2) is 23.5 Å². The van der Waals surface area contributed by atoms with Crippen LogP contribution in [-0.2, 0) is 4.74 Å². The van der Waals surface area contributed by atoms with Crippen LogP contribution < -0.4 is 0 Å². The summed E-state index contributed by atoms with van der Waals surface area (Å²) < 4.78 is 5.15. The first-order valence-corrected chi connectivity index (χ1v) is 3.18. The number of hydrogen-bond donors (Lipinski definition) is 0. The molecular formula is C8H12O. The average molecular weight is 124 g/mol. The molecule has 1 aliphatic rings. The highest BCUT2D eigenvalue weighted by molar-refractivity contribution is 5.30. The molecule has 0 aliphatic heterocycles. The summed E-state index contributed by atoms with van der Waals surface area (Å²) in [6.07, 6.45) is 4.25. The van der Waals surface area contributed by atoms with Crippen molar-refractivity contribution < 1.29 is 4.74 Å². The molecule has 1 rings (SSSR count). The van der Waals surface area contributed by atoms with E-state index in [1.807, 2.05) is 0 Å². The van der Waals surface area contributed by atoms with Crippen molar-refractivity contribution in [1.29, 1.82) is 0 Å². The highest BCUT2D eigenvalue weighted by Crippen LogP contribution is 2.24. The normalized spacial score (nSPS) is 25.4. The van der Waals surface area contributed by atoms with Gasteiger partial charge in [0.25, 0.3) is 0 Å². The molecule has 0 bridgehead atoms. The van der Waals surface area contributed by atoms with Crippen LogP contribution in [-0.4, -0.2) is 7.11 Å². The molecule has 1 heteroatoms. The molecule has 1 aliphatic carbocycles. The smallest absolute Gasteiger partial charge is 0.105 e. The minimum absolute atomic E-state index is 0.481. The highest BCUT2D eigenvalue weighted by Gasteiger charge is 2.12. The Morgan fingerprint density at radius 2 is 2.22 bits per heavy atom. The summed E-state index contributed by atoms with van der Waals surface area (Å²) in [4.78, 5) is 0. The van der Waals surface area contributed by atoms with Crippen molar-refractivity contribution in [3.8, 4) is 0 Å². The van der Waals surface area contributed by atoms with E-state index in [9.17, 15) is 0 Å². The van der Waals surface area contributed by atoms with Gasteiger partial charge in [0, 0.05) is 5.92 Å². The maximum Gasteiger partial charge on any atom is 0.105 e. The Kier molecular flexibility index (Phi) is 1.60. The van der Waals surface area contributed by atoms with E-state index in [1.54, 1.807) is 7.11 Å². The number of methoxy groups -OCH3 is 1. The Labute approximate surface area is 56.0 Å². The number of allylic oxidation sites excluding steroid dienone is 3. The second-order valence-corrected chi connectivity index (χ2v) is 2.40. The Morgan fingerprint density at radius 3 is 2.44 bits per heavy atom. The van der Waals surface area contributed by atoms with Gasteiger partial charge in [-0.15, -0.1) is 0 Å². The first-order chi connectivity index (χ1) is 4.25. The number of ether oxygens (including phenoxy) is 1. The molecular weight excluding hydrogens is 112 g/mol. The number of hydrogen-bond acceptors (Lipinski definition) is 1. The molecule has 0 spiro atoms. The van der Waals surface area contributed by atoms with Crippen LogP contribution in [0.2, 0.25) is 0 Å². The molecule has 0 heterocycles. The van der Waals surface area contributed by atoms with Gasteiger partial charge in [-0.1, -0.05) is 19.1 Å². The highest BCUT2D eigenvalue weighted by atomic mass is 16.5. The maximum atomic E-state index is 5.15. The van der Waals surface area contributed by atoms with Crippen LogP contribution in [0, 0.1) is 5.92 Å². The first kappa shape index (κ1) is 6.40. The van der Waals surface area contributed by atoms with Crippen molar-refractivity contribution >= 4 is 0 Å². The van der Waals surface area contributed by atoms with E-state index < -0.39 is 0 Å². The average Bonchev–Trinajstić information content (AvgIpc) is 2.12. The third-order valence-electron chi connectivity index (χ3n) is 1.66. The van der Waals surface area contributed by atoms with Crippen molar-refractivity contribution in [1.82, 2.24) is 0 Å². The van der Waals surface area contributed by atoms with Crippen LogP contribution in [0.5, 0.6) is 0 Å². The van der Waals surface area contributed by atoms with E-state index >= 15 is 0 Å². The molecule has 0 aromatic carbocycles. The van der Waals surface area contributed by atoms with Crippen molar-refractivity contribution in [2.45, 2.75) is 13.8 Å². The van der Waals surface area contributed by atoms with Gasteiger partial charge >= 0.3 is 0 Å². The van der Waals surface area contributed by atoms with Crippen molar-refractivity contribution in [3.63, 3.8) is 0 Å². The van der Waals surface area contributed by atoms with Crippen molar-refractivity contribution in [2.24, 2.45) is 5.92 Å². The quantitative estimate of drug-likeness (QED) is 0.520. The lowest BCUT2D eigenvalue weighted by Crippen LogP contribution is -1.94. The van der Waals surface area contributed by atoms with E-state index in [-0.39, 0.29) is 0 Å². The molecule has 0 N–H and O–H groups in total. The van der Waals surface area contributed by atoms with Crippen molar-refractivity contribution in [2.75, 3.05) is 7.11 Å². The topological polar surface area (TPSA) is 9.23 Å². The standard InChI is InChI=1S/C8H12O/c1-6-4-5-7(2)8(6)9-3/h4-6H,1-3H3. The lowest BCUT2D eigenvalue weighted by molar-refractivity contribution is 0.261. The zero-order valence-corrected chi connectivity index (χ0v) is 6.14. The van der Waals surface area contributed by atoms with Gasteiger partial charge in [-0.25, -0.2) is 0 Å². The fourth-order valence-electron chi connectivity index (χ4n) is 1.16. The molecule has 0 fully saturated rings. The summed E-state index contributed by atoms with van der Waals surface area (Å²) in [5.41, 5.74) is 1.25. The van der Waals surface area contributed by atoms with Gasteiger partial charge in [0.1, 0.15) is 5.76 Å². The molecule has 0 radical (unpaired) electrons. The van der Waals surface area contributed by atoms with Crippen LogP contribution in [0.25, 0.3) is 0 Å². The lowest BCUT2D eigenvalue weighted by atomic mass is 10.2. The maximum absolute atomic E-state index is 5.15. The second kappa shape index (κ2) is 2.26. The predicted octanol–water partition coefficient (Wildman–Crippen LogP) is 2.11. The van der Waals surface area contributed by atoms with E-state index in [1.165, 1.54) is 5.57 Å². The Morgan fingerprint density at radius 1 is 1.56 bits per heavy atom. The molecule has 0 aromatic heterocycles. The minimum Gasteiger partial charge on any atom is -0.500 e. The Hall–Kier alpha value is -0.720. The fraction of sp³-hybridized carbons (Fsp3) is 0.500. The molecule has 50 valence electrons. The Balaban J connectivity index is 2.79. The molecule has 1 unspecified atom stereocenters. The molecule has 0 saturated carbocycles. The van der Waals surface area contributed by atoms with Gasteiger partial charge in [-0.05, 0) is 12.5 Å². The van der Waals surface area contributed by atoms with Crippen LogP contribution in [0.3, 0.4) is 0 Å². The summed E-state index contributed by atoms with van der Waals surface area (Å²) >= 11 is 0. The van der Waals surface area contributed by atoms with Gasteiger partial charge in [0.05, 0.1) is 7.11 Å². The molecule has 0 saturated heterocycles. The summed E-state index contributed by atoms with van der Waals surface area (Å²) in [6.45, 7) is 4.20. The van der Waals surface area contributed by atoms with Crippen LogP contribution in [0.1, 0.15) is 13.8 Å². The van der Waals surface area contributed by atoms with Gasteiger partial charge in [0.15, 0.2) is 0 Å². The summed E-state index contributed by atoms with van der Waals surface area (Å²) in [5.74, 6) is 1.59. The van der Waals surface area contributed by atoms with Gasteiger partial charge in [-0.3, -0.25) is 0 Å². The summed E-state index contributed by atoms with van der Waals surface area (Å²) in [7, 11) is 1.72. The van der Waals surface area contributed by atoms with Crippen LogP contribution >= 0.6 is 0 Å². The van der Waals surface area contributed by atoms with Crippen LogP contribution in [0.4, 0.5) is 0 Å².